The van der Waals surface area contributed by atoms with Crippen LogP contribution in [-0.4, -0.2) is 13.2 Å². The van der Waals surface area contributed by atoms with Crippen LogP contribution in [0.25, 0.3) is 0 Å². The summed E-state index contributed by atoms with van der Waals surface area (Å²) >= 11 is 0. The molecule has 0 fully saturated rings. The highest BCUT2D eigenvalue weighted by molar-refractivity contribution is 7.54. The highest BCUT2D eigenvalue weighted by Gasteiger charge is 2.36. The first-order chi connectivity index (χ1) is 9.89. The minimum atomic E-state index is -3.16. The van der Waals surface area contributed by atoms with Crippen molar-refractivity contribution < 1.29 is 13.6 Å². The fourth-order valence-electron chi connectivity index (χ4n) is 2.04. The second-order valence-electron chi connectivity index (χ2n) is 6.25. The second kappa shape index (κ2) is 8.73. The Morgan fingerprint density at radius 1 is 0.952 bits per heavy atom. The van der Waals surface area contributed by atoms with E-state index in [1.807, 2.05) is 37.3 Å². The Bertz CT molecular complexity index is 427. The van der Waals surface area contributed by atoms with Crippen molar-refractivity contribution in [2.24, 2.45) is 11.8 Å². The quantitative estimate of drug-likeness (QED) is 0.551. The van der Waals surface area contributed by atoms with Crippen LogP contribution in [0.5, 0.6) is 0 Å². The Morgan fingerprint density at radius 2 is 1.43 bits per heavy atom. The summed E-state index contributed by atoms with van der Waals surface area (Å²) in [6.07, 6.45) is 0.734. The van der Waals surface area contributed by atoms with Crippen molar-refractivity contribution in [3.05, 3.63) is 35.9 Å². The van der Waals surface area contributed by atoms with Crippen LogP contribution in [0.2, 0.25) is 0 Å². The van der Waals surface area contributed by atoms with E-state index in [4.69, 9.17) is 9.05 Å². The molecule has 0 radical (unpaired) electrons. The van der Waals surface area contributed by atoms with E-state index in [9.17, 15) is 4.57 Å². The van der Waals surface area contributed by atoms with E-state index in [2.05, 4.69) is 27.7 Å². The zero-order chi connectivity index (χ0) is 15.9. The first-order valence-electron chi connectivity index (χ1n) is 7.82. The van der Waals surface area contributed by atoms with Crippen LogP contribution in [0, 0.1) is 11.8 Å². The zero-order valence-electron chi connectivity index (χ0n) is 13.9. The molecule has 3 nitrogen and oxygen atoms in total. The van der Waals surface area contributed by atoms with Gasteiger partial charge >= 0.3 is 7.60 Å². The summed E-state index contributed by atoms with van der Waals surface area (Å²) in [7, 11) is -3.16. The fraction of sp³-hybridized carbons (Fsp3) is 0.647. The van der Waals surface area contributed by atoms with Crippen molar-refractivity contribution in [3.8, 4) is 0 Å². The average molecular weight is 312 g/mol. The monoisotopic (exact) mass is 312 g/mol. The van der Waals surface area contributed by atoms with E-state index in [1.165, 1.54) is 0 Å². The molecule has 0 saturated heterocycles. The van der Waals surface area contributed by atoms with Crippen LogP contribution in [0.1, 0.15) is 52.3 Å². The minimum Gasteiger partial charge on any atom is -0.308 e. The molecule has 0 amide bonds. The molecule has 21 heavy (non-hydrogen) atoms. The van der Waals surface area contributed by atoms with Gasteiger partial charge in [-0.3, -0.25) is 4.57 Å². The summed E-state index contributed by atoms with van der Waals surface area (Å²) in [5, 5.41) is 0. The van der Waals surface area contributed by atoms with Crippen LogP contribution in [-0.2, 0) is 13.6 Å². The van der Waals surface area contributed by atoms with Gasteiger partial charge in [-0.1, -0.05) is 65.0 Å². The third-order valence-corrected chi connectivity index (χ3v) is 5.57. The maximum atomic E-state index is 13.3. The molecule has 0 aliphatic carbocycles. The molecule has 0 N–H and O–H groups in total. The lowest BCUT2D eigenvalue weighted by Crippen LogP contribution is -2.11. The first kappa shape index (κ1) is 18.4. The smallest absolute Gasteiger partial charge is 0.308 e. The van der Waals surface area contributed by atoms with Crippen LogP contribution < -0.4 is 0 Å². The largest absolute Gasteiger partial charge is 0.338 e. The topological polar surface area (TPSA) is 35.5 Å². The first-order valence-corrected chi connectivity index (χ1v) is 9.44. The molecular formula is C17H29O3P. The average Bonchev–Trinajstić information content (AvgIpc) is 2.45. The summed E-state index contributed by atoms with van der Waals surface area (Å²) in [6.45, 7) is 11.2. The van der Waals surface area contributed by atoms with E-state index in [-0.39, 0.29) is 5.66 Å². The van der Waals surface area contributed by atoms with Gasteiger partial charge in [0.1, 0.15) is 0 Å². The van der Waals surface area contributed by atoms with Gasteiger partial charge in [0.2, 0.25) is 0 Å². The number of hydrogen-bond acceptors (Lipinski definition) is 3. The molecule has 120 valence electrons. The summed E-state index contributed by atoms with van der Waals surface area (Å²) in [4.78, 5) is 0. The zero-order valence-corrected chi connectivity index (χ0v) is 14.8. The molecular weight excluding hydrogens is 283 g/mol. The molecule has 0 saturated carbocycles. The van der Waals surface area contributed by atoms with Crippen molar-refractivity contribution in [3.63, 3.8) is 0 Å². The lowest BCUT2D eigenvalue weighted by molar-refractivity contribution is 0.166. The van der Waals surface area contributed by atoms with Gasteiger partial charge in [0.15, 0.2) is 0 Å². The van der Waals surface area contributed by atoms with E-state index < -0.39 is 7.60 Å². The molecule has 1 rings (SSSR count). The van der Waals surface area contributed by atoms with Crippen LogP contribution in [0.4, 0.5) is 0 Å². The van der Waals surface area contributed by atoms with Crippen LogP contribution in [0.3, 0.4) is 0 Å². The van der Waals surface area contributed by atoms with Gasteiger partial charge in [0.25, 0.3) is 0 Å². The van der Waals surface area contributed by atoms with Gasteiger partial charge in [-0.2, -0.15) is 0 Å². The highest BCUT2D eigenvalue weighted by atomic mass is 31.2. The summed E-state index contributed by atoms with van der Waals surface area (Å²) in [5.41, 5.74) is 0.826. The highest BCUT2D eigenvalue weighted by Crippen LogP contribution is 2.62. The Labute approximate surface area is 129 Å². The predicted octanol–water partition coefficient (Wildman–Crippen LogP) is 5.68. The summed E-state index contributed by atoms with van der Waals surface area (Å²) in [5.74, 6) is 0.656. The Balaban J connectivity index is 2.98. The van der Waals surface area contributed by atoms with Crippen molar-refractivity contribution in [1.82, 2.24) is 0 Å². The molecule has 0 aromatic heterocycles. The van der Waals surface area contributed by atoms with Gasteiger partial charge in [0.05, 0.1) is 18.9 Å². The molecule has 1 aromatic rings. The Morgan fingerprint density at radius 3 is 1.81 bits per heavy atom. The molecule has 1 aromatic carbocycles. The molecule has 4 heteroatoms. The molecule has 0 spiro atoms. The van der Waals surface area contributed by atoms with Gasteiger partial charge in [-0.25, -0.2) is 0 Å². The molecule has 0 bridgehead atoms. The Hall–Kier alpha value is -0.630. The SMILES string of the molecule is CC[C@H](c1ccccc1)P(=O)(OCC(C)C)OCC(C)C. The maximum Gasteiger partial charge on any atom is 0.338 e. The second-order valence-corrected chi connectivity index (χ2v) is 8.47. The standard InChI is InChI=1S/C17H29O3P/c1-6-17(16-10-8-7-9-11-16)21(18,19-12-14(2)3)20-13-15(4)5/h7-11,14-15,17H,6,12-13H2,1-5H3/t17-/m1/s1. The fourth-order valence-corrected chi connectivity index (χ4v) is 4.47. The third-order valence-electron chi connectivity index (χ3n) is 3.13. The minimum absolute atomic E-state index is 0.198. The van der Waals surface area contributed by atoms with Crippen molar-refractivity contribution >= 4 is 7.60 Å². The maximum absolute atomic E-state index is 13.3. The van der Waals surface area contributed by atoms with Crippen LogP contribution >= 0.6 is 7.60 Å². The van der Waals surface area contributed by atoms with Gasteiger partial charge in [-0.05, 0) is 23.8 Å². The van der Waals surface area contributed by atoms with E-state index >= 15 is 0 Å². The Kier molecular flexibility index (Phi) is 7.65. The van der Waals surface area contributed by atoms with Gasteiger partial charge in [0, 0.05) is 0 Å². The molecule has 0 unspecified atom stereocenters. The van der Waals surface area contributed by atoms with E-state index in [1.54, 1.807) is 0 Å². The van der Waals surface area contributed by atoms with Gasteiger partial charge < -0.3 is 9.05 Å². The molecule has 0 aliphatic heterocycles. The van der Waals surface area contributed by atoms with Crippen molar-refractivity contribution in [2.45, 2.75) is 46.7 Å². The molecule has 0 aliphatic rings. The number of rotatable bonds is 9. The van der Waals surface area contributed by atoms with Crippen molar-refractivity contribution in [2.75, 3.05) is 13.2 Å². The lowest BCUT2D eigenvalue weighted by Gasteiger charge is -2.28. The predicted molar refractivity (Wildman–Crippen MR) is 88.7 cm³/mol. The van der Waals surface area contributed by atoms with Crippen LogP contribution in [0.15, 0.2) is 30.3 Å². The molecule has 0 heterocycles. The molecule has 1 atom stereocenters. The van der Waals surface area contributed by atoms with E-state index in [0.29, 0.717) is 25.0 Å². The third kappa shape index (κ3) is 5.94. The van der Waals surface area contributed by atoms with E-state index in [0.717, 1.165) is 12.0 Å². The lowest BCUT2D eigenvalue weighted by atomic mass is 10.1. The summed E-state index contributed by atoms with van der Waals surface area (Å²) < 4.78 is 24.9. The normalized spacial score (nSPS) is 13.9. The summed E-state index contributed by atoms with van der Waals surface area (Å²) in [6, 6.07) is 9.89. The van der Waals surface area contributed by atoms with Crippen molar-refractivity contribution in [1.29, 1.82) is 0 Å². The number of benzene rings is 1. The number of hydrogen-bond donors (Lipinski definition) is 0. The van der Waals surface area contributed by atoms with Gasteiger partial charge in [-0.15, -0.1) is 0 Å².